The second kappa shape index (κ2) is 5.22. The molecule has 1 aromatic rings. The normalized spacial score (nSPS) is 20.2. The first-order valence-electron chi connectivity index (χ1n) is 5.39. The van der Waals surface area contributed by atoms with Gasteiger partial charge in [0.15, 0.2) is 0 Å². The number of rotatable bonds is 3. The molecule has 1 aromatic carbocycles. The average Bonchev–Trinajstić information content (AvgIpc) is 2.65. The molecule has 1 aliphatic rings. The van der Waals surface area contributed by atoms with Gasteiger partial charge in [0.2, 0.25) is 0 Å². The molecule has 98 valence electrons. The molecule has 0 bridgehead atoms. The van der Waals surface area contributed by atoms with E-state index in [9.17, 15) is 18.0 Å². The van der Waals surface area contributed by atoms with Crippen molar-refractivity contribution >= 4 is 17.5 Å². The molecule has 6 heteroatoms. The van der Waals surface area contributed by atoms with E-state index in [-0.39, 0.29) is 17.5 Å². The Hall–Kier alpha value is -1.17. The van der Waals surface area contributed by atoms with Crippen LogP contribution in [0.15, 0.2) is 24.3 Å². The molecule has 18 heavy (non-hydrogen) atoms. The smallest absolute Gasteiger partial charge is 0.406 e. The van der Waals surface area contributed by atoms with Gasteiger partial charge in [-0.15, -0.1) is 13.2 Å². The lowest BCUT2D eigenvalue weighted by atomic mass is 9.98. The standard InChI is InChI=1S/C12H11F3O2S/c13-12(14,15)17-10-3-1-8(2-4-10)5-9-6-18-7-11(9)16/h1-4,9H,5-7H2. The van der Waals surface area contributed by atoms with Crippen molar-refractivity contribution in [3.63, 3.8) is 0 Å². The Balaban J connectivity index is 1.97. The number of alkyl halides is 3. The number of ketones is 1. The number of benzene rings is 1. The predicted molar refractivity (Wildman–Crippen MR) is 62.7 cm³/mol. The molecule has 0 aromatic heterocycles. The van der Waals surface area contributed by atoms with Gasteiger partial charge in [0.25, 0.3) is 0 Å². The highest BCUT2D eigenvalue weighted by atomic mass is 32.2. The van der Waals surface area contributed by atoms with Crippen LogP contribution in [0.3, 0.4) is 0 Å². The quantitative estimate of drug-likeness (QED) is 0.848. The second-order valence-electron chi connectivity index (χ2n) is 4.07. The van der Waals surface area contributed by atoms with Crippen LogP contribution in [-0.2, 0) is 11.2 Å². The van der Waals surface area contributed by atoms with Gasteiger partial charge in [-0.25, -0.2) is 0 Å². The van der Waals surface area contributed by atoms with Crippen LogP contribution in [0.4, 0.5) is 13.2 Å². The van der Waals surface area contributed by atoms with E-state index in [1.807, 2.05) is 0 Å². The van der Waals surface area contributed by atoms with Crippen LogP contribution in [0.2, 0.25) is 0 Å². The van der Waals surface area contributed by atoms with Gasteiger partial charge in [0, 0.05) is 11.7 Å². The fourth-order valence-electron chi connectivity index (χ4n) is 1.80. The van der Waals surface area contributed by atoms with Crippen molar-refractivity contribution < 1.29 is 22.7 Å². The summed E-state index contributed by atoms with van der Waals surface area (Å²) in [6, 6.07) is 5.68. The monoisotopic (exact) mass is 276 g/mol. The highest BCUT2D eigenvalue weighted by molar-refractivity contribution is 8.00. The van der Waals surface area contributed by atoms with Gasteiger partial charge in [-0.05, 0) is 24.1 Å². The molecule has 0 amide bonds. The summed E-state index contributed by atoms with van der Waals surface area (Å²) < 4.78 is 39.6. The molecule has 1 aliphatic heterocycles. The largest absolute Gasteiger partial charge is 0.573 e. The van der Waals surface area contributed by atoms with E-state index in [1.165, 1.54) is 12.1 Å². The van der Waals surface area contributed by atoms with Crippen molar-refractivity contribution in [2.75, 3.05) is 11.5 Å². The summed E-state index contributed by atoms with van der Waals surface area (Å²) in [5, 5.41) is 0. The molecule has 2 rings (SSSR count). The maximum Gasteiger partial charge on any atom is 0.573 e. The summed E-state index contributed by atoms with van der Waals surface area (Å²) in [4.78, 5) is 11.4. The maximum atomic E-state index is 12.0. The molecule has 0 N–H and O–H groups in total. The van der Waals surface area contributed by atoms with Crippen LogP contribution in [0.5, 0.6) is 5.75 Å². The number of hydrogen-bond donors (Lipinski definition) is 0. The highest BCUT2D eigenvalue weighted by Crippen LogP contribution is 2.26. The zero-order chi connectivity index (χ0) is 13.2. The fourth-order valence-corrected chi connectivity index (χ4v) is 2.94. The van der Waals surface area contributed by atoms with Gasteiger partial charge in [-0.2, -0.15) is 11.8 Å². The molecule has 0 saturated carbocycles. The van der Waals surface area contributed by atoms with Crippen molar-refractivity contribution in [2.45, 2.75) is 12.8 Å². The molecular weight excluding hydrogens is 265 g/mol. The molecule has 1 fully saturated rings. The summed E-state index contributed by atoms with van der Waals surface area (Å²) in [5.41, 5.74) is 0.852. The lowest BCUT2D eigenvalue weighted by molar-refractivity contribution is -0.274. The summed E-state index contributed by atoms with van der Waals surface area (Å²) >= 11 is 1.60. The Bertz CT molecular complexity index is 428. The minimum absolute atomic E-state index is 0.00983. The topological polar surface area (TPSA) is 26.3 Å². The lowest BCUT2D eigenvalue weighted by Crippen LogP contribution is -2.17. The molecule has 1 saturated heterocycles. The van der Waals surface area contributed by atoms with Crippen LogP contribution in [0.25, 0.3) is 0 Å². The Morgan fingerprint density at radius 2 is 1.94 bits per heavy atom. The lowest BCUT2D eigenvalue weighted by Gasteiger charge is -2.10. The van der Waals surface area contributed by atoms with Gasteiger partial charge < -0.3 is 4.74 Å². The number of thioether (sulfide) groups is 1. The van der Waals surface area contributed by atoms with Crippen molar-refractivity contribution in [3.05, 3.63) is 29.8 Å². The highest BCUT2D eigenvalue weighted by Gasteiger charge is 2.31. The molecule has 1 unspecified atom stereocenters. The molecule has 1 heterocycles. The molecule has 0 radical (unpaired) electrons. The van der Waals surface area contributed by atoms with E-state index in [2.05, 4.69) is 4.74 Å². The van der Waals surface area contributed by atoms with E-state index in [0.717, 1.165) is 11.3 Å². The first-order valence-corrected chi connectivity index (χ1v) is 6.55. The van der Waals surface area contributed by atoms with Gasteiger partial charge in [0.1, 0.15) is 11.5 Å². The van der Waals surface area contributed by atoms with Crippen molar-refractivity contribution in [2.24, 2.45) is 5.92 Å². The first kappa shape index (κ1) is 13.3. The van der Waals surface area contributed by atoms with Crippen molar-refractivity contribution in [3.8, 4) is 5.75 Å². The van der Waals surface area contributed by atoms with Gasteiger partial charge in [0.05, 0.1) is 5.75 Å². The number of carbonyl (C=O) groups is 1. The molecule has 2 nitrogen and oxygen atoms in total. The van der Waals surface area contributed by atoms with E-state index in [0.29, 0.717) is 12.2 Å². The second-order valence-corrected chi connectivity index (χ2v) is 5.10. The van der Waals surface area contributed by atoms with Crippen LogP contribution in [0, 0.1) is 5.92 Å². The Morgan fingerprint density at radius 3 is 2.44 bits per heavy atom. The van der Waals surface area contributed by atoms with Crippen LogP contribution in [0.1, 0.15) is 5.56 Å². The maximum absolute atomic E-state index is 12.0. The van der Waals surface area contributed by atoms with Crippen LogP contribution < -0.4 is 4.74 Å². The zero-order valence-electron chi connectivity index (χ0n) is 9.37. The zero-order valence-corrected chi connectivity index (χ0v) is 10.2. The third-order valence-corrected chi connectivity index (χ3v) is 3.78. The number of Topliss-reactive ketones (excluding diaryl/α,β-unsaturated/α-hetero) is 1. The average molecular weight is 276 g/mol. The third-order valence-electron chi connectivity index (χ3n) is 2.66. The summed E-state index contributed by atoms with van der Waals surface area (Å²) in [6.07, 6.45) is -4.09. The van der Waals surface area contributed by atoms with E-state index in [4.69, 9.17) is 0 Å². The van der Waals surface area contributed by atoms with Gasteiger partial charge in [-0.3, -0.25) is 4.79 Å². The number of ether oxygens (including phenoxy) is 1. The van der Waals surface area contributed by atoms with Gasteiger partial charge >= 0.3 is 6.36 Å². The van der Waals surface area contributed by atoms with E-state index < -0.39 is 6.36 Å². The number of carbonyl (C=O) groups excluding carboxylic acids is 1. The summed E-state index contributed by atoms with van der Waals surface area (Å²) in [7, 11) is 0. The van der Waals surface area contributed by atoms with Gasteiger partial charge in [-0.1, -0.05) is 12.1 Å². The van der Waals surface area contributed by atoms with Crippen molar-refractivity contribution in [1.29, 1.82) is 0 Å². The first-order chi connectivity index (χ1) is 8.44. The third kappa shape index (κ3) is 3.66. The minimum atomic E-state index is -4.67. The predicted octanol–water partition coefficient (Wildman–Crippen LogP) is 3.06. The van der Waals surface area contributed by atoms with Crippen LogP contribution >= 0.6 is 11.8 Å². The summed E-state index contributed by atoms with van der Waals surface area (Å²) in [6.45, 7) is 0. The van der Waals surface area contributed by atoms with E-state index >= 15 is 0 Å². The number of hydrogen-bond acceptors (Lipinski definition) is 3. The SMILES string of the molecule is O=C1CSCC1Cc1ccc(OC(F)(F)F)cc1. The fraction of sp³-hybridized carbons (Fsp3) is 0.417. The number of halogens is 3. The van der Waals surface area contributed by atoms with Crippen LogP contribution in [-0.4, -0.2) is 23.7 Å². The molecule has 1 atom stereocenters. The van der Waals surface area contributed by atoms with Crippen molar-refractivity contribution in [1.82, 2.24) is 0 Å². The Labute approximate surface area is 107 Å². The molecule has 0 spiro atoms. The molecule has 0 aliphatic carbocycles. The molecular formula is C12H11F3O2S. The Kier molecular flexibility index (Phi) is 3.85. The van der Waals surface area contributed by atoms with E-state index in [1.54, 1.807) is 23.9 Å². The summed E-state index contributed by atoms with van der Waals surface area (Å²) in [5.74, 6) is 1.30. The minimum Gasteiger partial charge on any atom is -0.406 e. The Morgan fingerprint density at radius 1 is 1.28 bits per heavy atom.